The van der Waals surface area contributed by atoms with Crippen molar-refractivity contribution in [2.75, 3.05) is 17.3 Å². The monoisotopic (exact) mass is 440 g/mol. The van der Waals surface area contributed by atoms with E-state index in [0.717, 1.165) is 47.0 Å². The van der Waals surface area contributed by atoms with Crippen LogP contribution in [0.15, 0.2) is 12.3 Å². The molecule has 3 aliphatic carbocycles. The molecule has 4 atom stereocenters. The van der Waals surface area contributed by atoms with Gasteiger partial charge in [-0.1, -0.05) is 0 Å². The smallest absolute Gasteiger partial charge is 0.308 e. The summed E-state index contributed by atoms with van der Waals surface area (Å²) >= 11 is 6.34. The first kappa shape index (κ1) is 19.4. The Hall–Kier alpha value is -2.34. The predicted octanol–water partition coefficient (Wildman–Crippen LogP) is 4.22. The van der Waals surface area contributed by atoms with Gasteiger partial charge in [0, 0.05) is 54.8 Å². The van der Waals surface area contributed by atoms with Crippen molar-refractivity contribution in [1.29, 1.82) is 0 Å². The topological polar surface area (TPSA) is 79.5 Å². The molecule has 0 bridgehead atoms. The highest BCUT2D eigenvalue weighted by atomic mass is 35.5. The Bertz CT molecular complexity index is 1220. The maximum Gasteiger partial charge on any atom is 0.308 e. The minimum absolute atomic E-state index is 0.0157. The number of aryl methyl sites for hydroxylation is 1. The molecule has 31 heavy (non-hydrogen) atoms. The van der Waals surface area contributed by atoms with E-state index < -0.39 is 5.97 Å². The molecule has 1 N–H and O–H groups in total. The molecule has 4 aliphatic rings. The number of Topliss-reactive ketones (excluding diaryl/α,β-unsaturated/α-hetero) is 1. The van der Waals surface area contributed by atoms with Gasteiger partial charge in [0.1, 0.15) is 5.78 Å². The number of benzene rings is 1. The number of hydrogen-bond acceptors (Lipinski definition) is 4. The largest absolute Gasteiger partial charge is 0.424 e. The number of aromatic nitrogens is 1. The molecule has 2 heterocycles. The van der Waals surface area contributed by atoms with Crippen LogP contribution in [0.25, 0.3) is 10.9 Å². The molecule has 2 aromatic rings. The highest BCUT2D eigenvalue weighted by Gasteiger charge is 2.97. The second-order valence-electron chi connectivity index (χ2n) is 10.2. The van der Waals surface area contributed by atoms with Gasteiger partial charge in [0.05, 0.1) is 11.2 Å². The van der Waals surface area contributed by atoms with Crippen LogP contribution in [0.5, 0.6) is 5.75 Å². The van der Waals surface area contributed by atoms with Gasteiger partial charge in [-0.15, -0.1) is 11.6 Å². The third kappa shape index (κ3) is 2.17. The molecule has 3 fully saturated rings. The first-order chi connectivity index (χ1) is 14.7. The molecule has 4 unspecified atom stereocenters. The summed E-state index contributed by atoms with van der Waals surface area (Å²) in [6, 6.07) is 1.80. The maximum absolute atomic E-state index is 13.5. The van der Waals surface area contributed by atoms with Crippen LogP contribution in [-0.2, 0) is 14.4 Å². The standard InChI is InChI=1S/C24H25ClN2O4/c1-12-7-26-21-17(31-14(3)29)4-16-20(19(12)21)15(6-25)8-27(16)18(30)5-22-9-23(13(2)28)11-24(22,23)10-22/h4,7,15,26H,5-6,8-11H2,1-3H3. The number of ketones is 1. The molecular formula is C24H25ClN2O4. The first-order valence-electron chi connectivity index (χ1n) is 10.9. The van der Waals surface area contributed by atoms with E-state index in [-0.39, 0.29) is 33.9 Å². The number of esters is 1. The predicted molar refractivity (Wildman–Crippen MR) is 117 cm³/mol. The Morgan fingerprint density at radius 3 is 2.65 bits per heavy atom. The molecule has 6 nitrogen and oxygen atoms in total. The Morgan fingerprint density at radius 2 is 2.03 bits per heavy atom. The second-order valence-corrected chi connectivity index (χ2v) is 10.5. The molecule has 0 saturated heterocycles. The number of amides is 1. The van der Waals surface area contributed by atoms with Crippen LogP contribution in [0.3, 0.4) is 0 Å². The van der Waals surface area contributed by atoms with Crippen molar-refractivity contribution in [1.82, 2.24) is 4.98 Å². The summed E-state index contributed by atoms with van der Waals surface area (Å²) in [4.78, 5) is 42.3. The number of alkyl halides is 1. The number of halogens is 1. The fraction of sp³-hybridized carbons (Fsp3) is 0.542. The Kier molecular flexibility index (Phi) is 3.57. The van der Waals surface area contributed by atoms with Gasteiger partial charge < -0.3 is 14.6 Å². The minimum Gasteiger partial charge on any atom is -0.424 e. The van der Waals surface area contributed by atoms with Crippen LogP contribution in [0.4, 0.5) is 5.69 Å². The van der Waals surface area contributed by atoms with E-state index >= 15 is 0 Å². The zero-order chi connectivity index (χ0) is 21.9. The number of fused-ring (bicyclic) bond motifs is 3. The summed E-state index contributed by atoms with van der Waals surface area (Å²) in [6.45, 7) is 5.60. The van der Waals surface area contributed by atoms with Crippen molar-refractivity contribution < 1.29 is 19.1 Å². The van der Waals surface area contributed by atoms with E-state index in [1.54, 1.807) is 13.0 Å². The van der Waals surface area contributed by atoms with E-state index in [1.165, 1.54) is 6.92 Å². The molecule has 1 aliphatic heterocycles. The second kappa shape index (κ2) is 5.71. The van der Waals surface area contributed by atoms with Crippen LogP contribution < -0.4 is 9.64 Å². The lowest BCUT2D eigenvalue weighted by molar-refractivity contribution is -0.131. The Balaban J connectivity index is 1.37. The Labute approximate surface area is 185 Å². The van der Waals surface area contributed by atoms with E-state index in [2.05, 4.69) is 4.98 Å². The van der Waals surface area contributed by atoms with E-state index in [1.807, 2.05) is 18.0 Å². The zero-order valence-electron chi connectivity index (χ0n) is 17.9. The number of ether oxygens (including phenoxy) is 1. The van der Waals surface area contributed by atoms with Crippen molar-refractivity contribution in [3.63, 3.8) is 0 Å². The minimum atomic E-state index is -0.402. The van der Waals surface area contributed by atoms with Gasteiger partial charge in [-0.2, -0.15) is 0 Å². The molecule has 3 saturated carbocycles. The number of hydrogen-bond donors (Lipinski definition) is 1. The highest BCUT2D eigenvalue weighted by molar-refractivity contribution is 6.19. The Morgan fingerprint density at radius 1 is 1.26 bits per heavy atom. The number of anilines is 1. The number of H-pyrrole nitrogens is 1. The van der Waals surface area contributed by atoms with Crippen LogP contribution in [0, 0.1) is 23.2 Å². The molecule has 6 rings (SSSR count). The normalized spacial score (nSPS) is 33.9. The number of nitrogens with one attached hydrogen (secondary N) is 1. The first-order valence-corrected chi connectivity index (χ1v) is 11.4. The SMILES string of the molecule is CC(=O)Oc1cc2c(c3c(C)c[nH]c13)C(CCl)CN2C(=O)CC12CC3(C(C)=O)CC13C2. The maximum atomic E-state index is 13.5. The number of carbonyl (C=O) groups is 3. The number of aromatic amines is 1. The van der Waals surface area contributed by atoms with Gasteiger partial charge in [-0.3, -0.25) is 14.4 Å². The number of carbonyl (C=O) groups excluding carboxylic acids is 3. The average molecular weight is 441 g/mol. The zero-order valence-corrected chi connectivity index (χ0v) is 18.7. The van der Waals surface area contributed by atoms with E-state index in [4.69, 9.17) is 16.3 Å². The van der Waals surface area contributed by atoms with Crippen molar-refractivity contribution in [2.24, 2.45) is 16.2 Å². The van der Waals surface area contributed by atoms with Gasteiger partial charge in [-0.25, -0.2) is 0 Å². The fourth-order valence-corrected chi connectivity index (χ4v) is 7.49. The fourth-order valence-electron chi connectivity index (χ4n) is 7.24. The van der Waals surface area contributed by atoms with E-state index in [0.29, 0.717) is 24.6 Å². The van der Waals surface area contributed by atoms with Crippen molar-refractivity contribution in [3.05, 3.63) is 23.4 Å². The lowest BCUT2D eigenvalue weighted by Crippen LogP contribution is -2.38. The highest BCUT2D eigenvalue weighted by Crippen LogP contribution is 3.01. The van der Waals surface area contributed by atoms with Crippen molar-refractivity contribution >= 4 is 45.9 Å². The molecule has 7 heteroatoms. The lowest BCUT2D eigenvalue weighted by atomic mass is 9.71. The molecule has 1 amide bonds. The molecule has 162 valence electrons. The van der Waals surface area contributed by atoms with Gasteiger partial charge in [0.15, 0.2) is 5.75 Å². The quantitative estimate of drug-likeness (QED) is 0.429. The van der Waals surface area contributed by atoms with Gasteiger partial charge >= 0.3 is 5.97 Å². The lowest BCUT2D eigenvalue weighted by Gasteiger charge is -2.33. The molecule has 1 aromatic carbocycles. The third-order valence-corrected chi connectivity index (χ3v) is 9.08. The average Bonchev–Trinajstić information content (AvgIpc) is 3.19. The summed E-state index contributed by atoms with van der Waals surface area (Å²) in [5.74, 6) is 0.833. The van der Waals surface area contributed by atoms with E-state index in [9.17, 15) is 14.4 Å². The van der Waals surface area contributed by atoms with Crippen molar-refractivity contribution in [3.8, 4) is 5.75 Å². The summed E-state index contributed by atoms with van der Waals surface area (Å²) in [5.41, 5.74) is 3.65. The van der Waals surface area contributed by atoms with Gasteiger partial charge in [0.2, 0.25) is 5.91 Å². The summed E-state index contributed by atoms with van der Waals surface area (Å²) in [7, 11) is 0. The third-order valence-electron chi connectivity index (χ3n) is 8.71. The van der Waals surface area contributed by atoms with Crippen LogP contribution in [-0.4, -0.2) is 35.1 Å². The summed E-state index contributed by atoms with van der Waals surface area (Å²) < 4.78 is 5.49. The summed E-state index contributed by atoms with van der Waals surface area (Å²) in [5, 5.41) is 0.984. The van der Waals surface area contributed by atoms with Crippen LogP contribution in [0.2, 0.25) is 0 Å². The number of rotatable bonds is 5. The van der Waals surface area contributed by atoms with Crippen molar-refractivity contribution in [2.45, 2.75) is 52.4 Å². The van der Waals surface area contributed by atoms with Crippen LogP contribution >= 0.6 is 11.6 Å². The van der Waals surface area contributed by atoms with Gasteiger partial charge in [0.25, 0.3) is 0 Å². The molecular weight excluding hydrogens is 416 g/mol. The number of nitrogens with zero attached hydrogens (tertiary/aromatic N) is 1. The van der Waals surface area contributed by atoms with Gasteiger partial charge in [-0.05, 0) is 55.1 Å². The molecule has 1 aromatic heterocycles. The molecule has 0 radical (unpaired) electrons. The van der Waals surface area contributed by atoms with Crippen LogP contribution in [0.1, 0.15) is 56.6 Å². The summed E-state index contributed by atoms with van der Waals surface area (Å²) in [6.07, 6.45) is 5.19. The molecule has 1 spiro atoms.